The SMILES string of the molecule is CCCNC(COCCOCC)(C(N)=O)c1ccccc1. The fraction of sp³-hybridized carbons (Fsp3) is 0.562. The third-order valence-corrected chi connectivity index (χ3v) is 3.26. The molecule has 3 N–H and O–H groups in total. The molecule has 1 aromatic rings. The summed E-state index contributed by atoms with van der Waals surface area (Å²) in [6.45, 7) is 6.45. The Morgan fingerprint density at radius 3 is 2.43 bits per heavy atom. The summed E-state index contributed by atoms with van der Waals surface area (Å²) in [6, 6.07) is 9.46. The standard InChI is InChI=1S/C16H26N2O3/c1-3-10-18-16(15(17)19,13-21-12-11-20-4-2)14-8-6-5-7-9-14/h5-9,18H,3-4,10-13H2,1-2H3,(H2,17,19). The third kappa shape index (κ3) is 5.12. The third-order valence-electron chi connectivity index (χ3n) is 3.26. The minimum Gasteiger partial charge on any atom is -0.379 e. The van der Waals surface area contributed by atoms with Crippen LogP contribution in [0.1, 0.15) is 25.8 Å². The molecule has 118 valence electrons. The number of ether oxygens (including phenoxy) is 2. The lowest BCUT2D eigenvalue weighted by atomic mass is 9.89. The van der Waals surface area contributed by atoms with E-state index in [1.54, 1.807) is 0 Å². The summed E-state index contributed by atoms with van der Waals surface area (Å²) in [4.78, 5) is 12.1. The number of carbonyl (C=O) groups is 1. The van der Waals surface area contributed by atoms with E-state index in [1.807, 2.05) is 44.2 Å². The lowest BCUT2D eigenvalue weighted by molar-refractivity contribution is -0.128. The van der Waals surface area contributed by atoms with Gasteiger partial charge in [-0.15, -0.1) is 0 Å². The number of carbonyl (C=O) groups excluding carboxylic acids is 1. The van der Waals surface area contributed by atoms with E-state index in [9.17, 15) is 4.79 Å². The molecule has 0 aliphatic heterocycles. The van der Waals surface area contributed by atoms with E-state index in [-0.39, 0.29) is 6.61 Å². The lowest BCUT2D eigenvalue weighted by Gasteiger charge is -2.32. The number of nitrogens with one attached hydrogen (secondary N) is 1. The van der Waals surface area contributed by atoms with Gasteiger partial charge >= 0.3 is 0 Å². The molecule has 0 aliphatic rings. The molecular formula is C16H26N2O3. The van der Waals surface area contributed by atoms with Crippen molar-refractivity contribution in [3.05, 3.63) is 35.9 Å². The van der Waals surface area contributed by atoms with Gasteiger partial charge in [-0.3, -0.25) is 10.1 Å². The first-order valence-corrected chi connectivity index (χ1v) is 7.43. The predicted octanol–water partition coefficient (Wildman–Crippen LogP) is 1.42. The fourth-order valence-electron chi connectivity index (χ4n) is 2.09. The average molecular weight is 294 g/mol. The first-order chi connectivity index (χ1) is 10.2. The van der Waals surface area contributed by atoms with E-state index >= 15 is 0 Å². The highest BCUT2D eigenvalue weighted by atomic mass is 16.5. The van der Waals surface area contributed by atoms with Crippen molar-refractivity contribution in [1.82, 2.24) is 5.32 Å². The number of nitrogens with two attached hydrogens (primary N) is 1. The van der Waals surface area contributed by atoms with Crippen LogP contribution >= 0.6 is 0 Å². The van der Waals surface area contributed by atoms with E-state index in [4.69, 9.17) is 15.2 Å². The van der Waals surface area contributed by atoms with Crippen molar-refractivity contribution in [3.8, 4) is 0 Å². The van der Waals surface area contributed by atoms with E-state index < -0.39 is 11.4 Å². The van der Waals surface area contributed by atoms with Gasteiger partial charge in [-0.25, -0.2) is 0 Å². The first-order valence-electron chi connectivity index (χ1n) is 7.43. The summed E-state index contributed by atoms with van der Waals surface area (Å²) >= 11 is 0. The highest BCUT2D eigenvalue weighted by Crippen LogP contribution is 2.21. The molecule has 0 heterocycles. The topological polar surface area (TPSA) is 73.6 Å². The molecule has 1 rings (SSSR count). The van der Waals surface area contributed by atoms with Crippen LogP contribution in [-0.4, -0.2) is 38.9 Å². The summed E-state index contributed by atoms with van der Waals surface area (Å²) in [5.74, 6) is -0.432. The van der Waals surface area contributed by atoms with Gasteiger partial charge < -0.3 is 15.2 Å². The summed E-state index contributed by atoms with van der Waals surface area (Å²) in [5, 5.41) is 3.25. The van der Waals surface area contributed by atoms with Gasteiger partial charge in [0.25, 0.3) is 0 Å². The van der Waals surface area contributed by atoms with E-state index in [2.05, 4.69) is 5.32 Å². The van der Waals surface area contributed by atoms with E-state index in [0.29, 0.717) is 26.4 Å². The minimum atomic E-state index is -0.997. The van der Waals surface area contributed by atoms with Crippen molar-refractivity contribution in [2.75, 3.05) is 33.0 Å². The second-order valence-corrected chi connectivity index (χ2v) is 4.81. The largest absolute Gasteiger partial charge is 0.379 e. The lowest BCUT2D eigenvalue weighted by Crippen LogP contribution is -2.56. The Morgan fingerprint density at radius 2 is 1.86 bits per heavy atom. The van der Waals surface area contributed by atoms with Gasteiger partial charge in [0.2, 0.25) is 5.91 Å². The van der Waals surface area contributed by atoms with Crippen molar-refractivity contribution < 1.29 is 14.3 Å². The van der Waals surface area contributed by atoms with Gasteiger partial charge in [0.1, 0.15) is 5.54 Å². The maximum Gasteiger partial charge on any atom is 0.244 e. The van der Waals surface area contributed by atoms with Crippen LogP contribution in [0.25, 0.3) is 0 Å². The van der Waals surface area contributed by atoms with Crippen LogP contribution in [0.15, 0.2) is 30.3 Å². The fourth-order valence-corrected chi connectivity index (χ4v) is 2.09. The molecule has 5 heteroatoms. The number of rotatable bonds is 11. The molecule has 0 aromatic heterocycles. The molecule has 21 heavy (non-hydrogen) atoms. The number of amides is 1. The average Bonchev–Trinajstić information content (AvgIpc) is 2.51. The molecule has 1 atom stereocenters. The van der Waals surface area contributed by atoms with Crippen LogP contribution < -0.4 is 11.1 Å². The van der Waals surface area contributed by atoms with E-state index in [0.717, 1.165) is 12.0 Å². The second kappa shape index (κ2) is 9.50. The highest BCUT2D eigenvalue weighted by molar-refractivity contribution is 5.86. The Kier molecular flexibility index (Phi) is 7.97. The Labute approximate surface area is 126 Å². The maximum absolute atomic E-state index is 12.1. The molecule has 0 fully saturated rings. The zero-order valence-electron chi connectivity index (χ0n) is 12.9. The van der Waals surface area contributed by atoms with Gasteiger partial charge in [-0.1, -0.05) is 37.3 Å². The van der Waals surface area contributed by atoms with Crippen molar-refractivity contribution in [2.45, 2.75) is 25.8 Å². The Morgan fingerprint density at radius 1 is 1.19 bits per heavy atom. The second-order valence-electron chi connectivity index (χ2n) is 4.81. The monoisotopic (exact) mass is 294 g/mol. The zero-order valence-corrected chi connectivity index (χ0v) is 12.9. The summed E-state index contributed by atoms with van der Waals surface area (Å²) in [7, 11) is 0. The smallest absolute Gasteiger partial charge is 0.244 e. The van der Waals surface area contributed by atoms with Crippen LogP contribution in [0, 0.1) is 0 Å². The highest BCUT2D eigenvalue weighted by Gasteiger charge is 2.38. The summed E-state index contributed by atoms with van der Waals surface area (Å²) < 4.78 is 10.9. The molecule has 0 radical (unpaired) electrons. The van der Waals surface area contributed by atoms with Crippen LogP contribution in [0.4, 0.5) is 0 Å². The van der Waals surface area contributed by atoms with Crippen molar-refractivity contribution in [2.24, 2.45) is 5.73 Å². The Balaban J connectivity index is 2.83. The zero-order chi connectivity index (χ0) is 15.6. The van der Waals surface area contributed by atoms with E-state index in [1.165, 1.54) is 0 Å². The van der Waals surface area contributed by atoms with Gasteiger partial charge in [0.05, 0.1) is 19.8 Å². The number of hydrogen-bond acceptors (Lipinski definition) is 4. The number of primary amides is 1. The summed E-state index contributed by atoms with van der Waals surface area (Å²) in [6.07, 6.45) is 0.904. The number of benzene rings is 1. The van der Waals surface area contributed by atoms with Crippen molar-refractivity contribution >= 4 is 5.91 Å². The minimum absolute atomic E-state index is 0.194. The quantitative estimate of drug-likeness (QED) is 0.605. The van der Waals surface area contributed by atoms with Crippen LogP contribution in [0.3, 0.4) is 0 Å². The van der Waals surface area contributed by atoms with Gasteiger partial charge in [-0.2, -0.15) is 0 Å². The maximum atomic E-state index is 12.1. The molecule has 0 saturated carbocycles. The Bertz CT molecular complexity index is 411. The first kappa shape index (κ1) is 17.6. The molecule has 1 unspecified atom stereocenters. The molecule has 0 spiro atoms. The van der Waals surface area contributed by atoms with Gasteiger partial charge in [-0.05, 0) is 25.5 Å². The summed E-state index contributed by atoms with van der Waals surface area (Å²) in [5.41, 5.74) is 5.50. The predicted molar refractivity (Wildman–Crippen MR) is 82.9 cm³/mol. The number of hydrogen-bond donors (Lipinski definition) is 2. The molecule has 1 aromatic carbocycles. The van der Waals surface area contributed by atoms with Crippen LogP contribution in [-0.2, 0) is 19.8 Å². The molecule has 1 amide bonds. The molecule has 5 nitrogen and oxygen atoms in total. The molecule has 0 aliphatic carbocycles. The van der Waals surface area contributed by atoms with Crippen LogP contribution in [0.2, 0.25) is 0 Å². The molecular weight excluding hydrogens is 268 g/mol. The van der Waals surface area contributed by atoms with Crippen LogP contribution in [0.5, 0.6) is 0 Å². The van der Waals surface area contributed by atoms with Gasteiger partial charge in [0.15, 0.2) is 0 Å². The van der Waals surface area contributed by atoms with Gasteiger partial charge in [0, 0.05) is 6.61 Å². The molecule has 0 saturated heterocycles. The van der Waals surface area contributed by atoms with Crippen molar-refractivity contribution in [1.29, 1.82) is 0 Å². The normalized spacial score (nSPS) is 13.8. The Hall–Kier alpha value is -1.43. The molecule has 0 bridgehead atoms. The van der Waals surface area contributed by atoms with Crippen molar-refractivity contribution in [3.63, 3.8) is 0 Å².